The summed E-state index contributed by atoms with van der Waals surface area (Å²) in [6.45, 7) is 3.00. The first kappa shape index (κ1) is 14.8. The van der Waals surface area contributed by atoms with Crippen molar-refractivity contribution in [1.82, 2.24) is 14.8 Å². The molecule has 0 bridgehead atoms. The monoisotopic (exact) mass is 297 g/mol. The molecule has 1 aromatic heterocycles. The molecule has 0 saturated carbocycles. The third kappa shape index (κ3) is 3.06. The van der Waals surface area contributed by atoms with Crippen molar-refractivity contribution in [1.29, 1.82) is 0 Å². The van der Waals surface area contributed by atoms with Gasteiger partial charge in [0.25, 0.3) is 0 Å². The maximum absolute atomic E-state index is 5.54. The normalized spacial score (nSPS) is 14.7. The van der Waals surface area contributed by atoms with E-state index in [4.69, 9.17) is 4.74 Å². The quantitative estimate of drug-likeness (QED) is 0.845. The van der Waals surface area contributed by atoms with Crippen molar-refractivity contribution >= 4 is 6.08 Å². The van der Waals surface area contributed by atoms with E-state index in [0.717, 1.165) is 31.6 Å². The van der Waals surface area contributed by atoms with Gasteiger partial charge in [0, 0.05) is 0 Å². The number of ether oxygens (including phenoxy) is 1. The maximum atomic E-state index is 5.54. The van der Waals surface area contributed by atoms with Crippen LogP contribution < -0.4 is 4.74 Å². The third-order valence-electron chi connectivity index (χ3n) is 4.39. The van der Waals surface area contributed by atoms with Crippen molar-refractivity contribution in [2.24, 2.45) is 0 Å². The molecule has 1 aliphatic rings. The van der Waals surface area contributed by atoms with Crippen molar-refractivity contribution in [3.63, 3.8) is 0 Å². The Morgan fingerprint density at radius 1 is 1.27 bits per heavy atom. The minimum absolute atomic E-state index is 0.803. The fraction of sp³-hybridized carbons (Fsp3) is 0.444. The van der Waals surface area contributed by atoms with Gasteiger partial charge in [0.2, 0.25) is 0 Å². The van der Waals surface area contributed by atoms with Gasteiger partial charge in [0.1, 0.15) is 18.4 Å². The second-order valence-electron chi connectivity index (χ2n) is 5.77. The van der Waals surface area contributed by atoms with Crippen LogP contribution in [0.2, 0.25) is 0 Å². The van der Waals surface area contributed by atoms with Gasteiger partial charge in [0.05, 0.1) is 13.7 Å². The number of methoxy groups -OCH3 is 1. The van der Waals surface area contributed by atoms with Crippen LogP contribution in [-0.4, -0.2) is 21.9 Å². The molecular formula is C18H23N3O. The summed E-state index contributed by atoms with van der Waals surface area (Å²) in [7, 11) is 1.77. The van der Waals surface area contributed by atoms with Crippen LogP contribution in [0.3, 0.4) is 0 Å². The molecular weight excluding hydrogens is 274 g/mol. The molecule has 4 heteroatoms. The number of benzene rings is 1. The van der Waals surface area contributed by atoms with Crippen LogP contribution in [-0.2, 0) is 19.4 Å². The van der Waals surface area contributed by atoms with E-state index in [2.05, 4.69) is 35.2 Å². The predicted molar refractivity (Wildman–Crippen MR) is 87.9 cm³/mol. The molecule has 0 spiro atoms. The van der Waals surface area contributed by atoms with E-state index in [1.807, 2.05) is 4.68 Å². The van der Waals surface area contributed by atoms with Gasteiger partial charge in [0.15, 0.2) is 0 Å². The van der Waals surface area contributed by atoms with Gasteiger partial charge in [-0.15, -0.1) is 0 Å². The first-order valence-electron chi connectivity index (χ1n) is 8.02. The second-order valence-corrected chi connectivity index (χ2v) is 5.77. The molecule has 0 saturated heterocycles. The zero-order valence-corrected chi connectivity index (χ0v) is 13.4. The summed E-state index contributed by atoms with van der Waals surface area (Å²) in [4.78, 5) is 4.02. The Balaban J connectivity index is 1.94. The molecule has 0 atom stereocenters. The minimum atomic E-state index is 0.803. The molecule has 0 aliphatic heterocycles. The van der Waals surface area contributed by atoms with E-state index >= 15 is 0 Å². The number of aromatic nitrogens is 3. The standard InChI is InChI=1S/C18H23N3O/c1-3-14(11-21-13-19-12-20-21)10-15-8-9-18(22-2)17-7-5-4-6-16(15)17/h8-10,12-13H,3-7,11H2,1-2H3/b14-10+. The average molecular weight is 297 g/mol. The number of nitrogens with zero attached hydrogens (tertiary/aromatic N) is 3. The van der Waals surface area contributed by atoms with E-state index in [9.17, 15) is 0 Å². The number of allylic oxidation sites excluding steroid dienone is 1. The summed E-state index contributed by atoms with van der Waals surface area (Å²) in [5, 5.41) is 4.21. The Hall–Kier alpha value is -2.10. The number of fused-ring (bicyclic) bond motifs is 1. The molecule has 3 rings (SSSR count). The van der Waals surface area contributed by atoms with Crippen molar-refractivity contribution < 1.29 is 4.74 Å². The lowest BCUT2D eigenvalue weighted by atomic mass is 9.87. The van der Waals surface area contributed by atoms with Gasteiger partial charge in [-0.1, -0.05) is 19.1 Å². The molecule has 2 aromatic rings. The molecule has 116 valence electrons. The Labute approximate surface area is 131 Å². The molecule has 0 amide bonds. The number of rotatable bonds is 5. The van der Waals surface area contributed by atoms with Gasteiger partial charge < -0.3 is 4.74 Å². The highest BCUT2D eigenvalue weighted by atomic mass is 16.5. The molecule has 0 N–H and O–H groups in total. The fourth-order valence-electron chi connectivity index (χ4n) is 3.19. The lowest BCUT2D eigenvalue weighted by Crippen LogP contribution is -2.07. The van der Waals surface area contributed by atoms with Crippen LogP contribution >= 0.6 is 0 Å². The zero-order valence-electron chi connectivity index (χ0n) is 13.4. The molecule has 1 heterocycles. The Morgan fingerprint density at radius 2 is 2.09 bits per heavy atom. The van der Waals surface area contributed by atoms with Crippen LogP contribution in [0.15, 0.2) is 30.4 Å². The summed E-state index contributed by atoms with van der Waals surface area (Å²) in [6, 6.07) is 4.30. The van der Waals surface area contributed by atoms with E-state index in [0.29, 0.717) is 0 Å². The highest BCUT2D eigenvalue weighted by Crippen LogP contribution is 2.33. The third-order valence-corrected chi connectivity index (χ3v) is 4.39. The molecule has 0 unspecified atom stereocenters. The highest BCUT2D eigenvalue weighted by molar-refractivity contribution is 5.62. The minimum Gasteiger partial charge on any atom is -0.496 e. The molecule has 22 heavy (non-hydrogen) atoms. The second kappa shape index (κ2) is 6.77. The highest BCUT2D eigenvalue weighted by Gasteiger charge is 2.16. The lowest BCUT2D eigenvalue weighted by molar-refractivity contribution is 0.406. The van der Waals surface area contributed by atoms with Crippen molar-refractivity contribution in [2.75, 3.05) is 7.11 Å². The van der Waals surface area contributed by atoms with E-state index in [1.165, 1.54) is 35.1 Å². The summed E-state index contributed by atoms with van der Waals surface area (Å²) >= 11 is 0. The van der Waals surface area contributed by atoms with Gasteiger partial charge >= 0.3 is 0 Å². The van der Waals surface area contributed by atoms with Crippen molar-refractivity contribution in [3.05, 3.63) is 47.1 Å². The topological polar surface area (TPSA) is 39.9 Å². The molecule has 0 fully saturated rings. The fourth-order valence-corrected chi connectivity index (χ4v) is 3.19. The Kier molecular flexibility index (Phi) is 4.56. The predicted octanol–water partition coefficient (Wildman–Crippen LogP) is 3.66. The molecule has 1 aliphatic carbocycles. The smallest absolute Gasteiger partial charge is 0.137 e. The van der Waals surface area contributed by atoms with Crippen LogP contribution in [0.1, 0.15) is 42.9 Å². The largest absolute Gasteiger partial charge is 0.496 e. The summed E-state index contributed by atoms with van der Waals surface area (Å²) in [5.74, 6) is 1.04. The van der Waals surface area contributed by atoms with E-state index in [-0.39, 0.29) is 0 Å². The number of hydrogen-bond acceptors (Lipinski definition) is 3. The first-order valence-corrected chi connectivity index (χ1v) is 8.02. The van der Waals surface area contributed by atoms with E-state index < -0.39 is 0 Å². The Morgan fingerprint density at radius 3 is 2.77 bits per heavy atom. The average Bonchev–Trinajstić information content (AvgIpc) is 3.07. The number of hydrogen-bond donors (Lipinski definition) is 0. The van der Waals surface area contributed by atoms with Crippen LogP contribution in [0.5, 0.6) is 5.75 Å². The maximum Gasteiger partial charge on any atom is 0.137 e. The van der Waals surface area contributed by atoms with Gasteiger partial charge in [-0.2, -0.15) is 5.10 Å². The van der Waals surface area contributed by atoms with E-state index in [1.54, 1.807) is 19.8 Å². The zero-order chi connectivity index (χ0) is 15.4. The Bertz CT molecular complexity index is 659. The lowest BCUT2D eigenvalue weighted by Gasteiger charge is -2.21. The van der Waals surface area contributed by atoms with Crippen LogP contribution in [0.25, 0.3) is 6.08 Å². The van der Waals surface area contributed by atoms with Gasteiger partial charge in [-0.25, -0.2) is 9.67 Å². The van der Waals surface area contributed by atoms with Crippen LogP contribution in [0.4, 0.5) is 0 Å². The van der Waals surface area contributed by atoms with Gasteiger partial charge in [-0.05, 0) is 60.4 Å². The summed E-state index contributed by atoms with van der Waals surface area (Å²) < 4.78 is 7.42. The molecule has 1 aromatic carbocycles. The molecule has 4 nitrogen and oxygen atoms in total. The first-order chi connectivity index (χ1) is 10.8. The van der Waals surface area contributed by atoms with Gasteiger partial charge in [-0.3, -0.25) is 0 Å². The van der Waals surface area contributed by atoms with Crippen molar-refractivity contribution in [2.45, 2.75) is 45.6 Å². The SMILES string of the molecule is CC/C(=C\c1ccc(OC)c2c1CCCC2)Cn1cncn1. The van der Waals surface area contributed by atoms with Crippen LogP contribution in [0, 0.1) is 0 Å². The summed E-state index contributed by atoms with van der Waals surface area (Å²) in [6.07, 6.45) is 11.5. The summed E-state index contributed by atoms with van der Waals surface area (Å²) in [5.41, 5.74) is 5.57. The molecule has 0 radical (unpaired) electrons. The van der Waals surface area contributed by atoms with Crippen molar-refractivity contribution in [3.8, 4) is 5.75 Å².